The van der Waals surface area contributed by atoms with Crippen molar-refractivity contribution in [3.63, 3.8) is 0 Å². The lowest BCUT2D eigenvalue weighted by Crippen LogP contribution is -2.46. The number of imidazole rings is 1. The zero-order valence-electron chi connectivity index (χ0n) is 16.3. The standard InChI is InChI=1S/C20H26FN5O2/c1-3-28-19(27)16-6-9-25(10-7-16)20(22-2)24-13-15-4-5-18(17(21)12-15)26-11-8-23-14-26/h4-5,8,11-12,14,16H,3,6-7,9-10,13H2,1-2H3,(H,22,24). The van der Waals surface area contributed by atoms with Crippen molar-refractivity contribution in [1.29, 1.82) is 0 Å². The monoisotopic (exact) mass is 387 g/mol. The van der Waals surface area contributed by atoms with E-state index in [9.17, 15) is 9.18 Å². The molecule has 2 heterocycles. The number of ether oxygens (including phenoxy) is 1. The fraction of sp³-hybridized carbons (Fsp3) is 0.450. The fourth-order valence-corrected chi connectivity index (χ4v) is 3.37. The van der Waals surface area contributed by atoms with E-state index in [4.69, 9.17) is 4.74 Å². The van der Waals surface area contributed by atoms with E-state index in [0.717, 1.165) is 37.5 Å². The van der Waals surface area contributed by atoms with Crippen molar-refractivity contribution in [2.45, 2.75) is 26.3 Å². The van der Waals surface area contributed by atoms with Gasteiger partial charge in [-0.3, -0.25) is 9.79 Å². The van der Waals surface area contributed by atoms with Crippen LogP contribution in [-0.2, 0) is 16.1 Å². The van der Waals surface area contributed by atoms with Crippen molar-refractivity contribution in [3.05, 3.63) is 48.3 Å². The van der Waals surface area contributed by atoms with Gasteiger partial charge in [-0.15, -0.1) is 0 Å². The number of nitrogens with zero attached hydrogens (tertiary/aromatic N) is 4. The molecule has 1 fully saturated rings. The fourth-order valence-electron chi connectivity index (χ4n) is 3.37. The first-order valence-corrected chi connectivity index (χ1v) is 9.51. The van der Waals surface area contributed by atoms with Gasteiger partial charge in [-0.2, -0.15) is 0 Å². The highest BCUT2D eigenvalue weighted by molar-refractivity contribution is 5.80. The molecular formula is C20H26FN5O2. The Kier molecular flexibility index (Phi) is 6.62. The van der Waals surface area contributed by atoms with Gasteiger partial charge < -0.3 is 19.5 Å². The van der Waals surface area contributed by atoms with Crippen LogP contribution in [0.5, 0.6) is 0 Å². The zero-order chi connectivity index (χ0) is 19.9. The number of rotatable bonds is 5. The molecule has 2 aromatic rings. The maximum atomic E-state index is 14.4. The number of likely N-dealkylation sites (tertiary alicyclic amines) is 1. The van der Waals surface area contributed by atoms with Crippen LogP contribution in [0.3, 0.4) is 0 Å². The van der Waals surface area contributed by atoms with Gasteiger partial charge in [-0.1, -0.05) is 6.07 Å². The Bertz CT molecular complexity index is 814. The van der Waals surface area contributed by atoms with Gasteiger partial charge in [0.25, 0.3) is 0 Å². The zero-order valence-corrected chi connectivity index (χ0v) is 16.3. The van der Waals surface area contributed by atoms with E-state index in [1.807, 2.05) is 13.0 Å². The molecule has 0 spiro atoms. The average molecular weight is 387 g/mol. The van der Waals surface area contributed by atoms with Crippen molar-refractivity contribution < 1.29 is 13.9 Å². The second kappa shape index (κ2) is 9.34. The number of hydrogen-bond donors (Lipinski definition) is 1. The minimum absolute atomic E-state index is 0.0425. The summed E-state index contributed by atoms with van der Waals surface area (Å²) in [6.07, 6.45) is 6.38. The van der Waals surface area contributed by atoms with Gasteiger partial charge in [0.2, 0.25) is 0 Å². The number of carbonyl (C=O) groups excluding carboxylic acids is 1. The van der Waals surface area contributed by atoms with Crippen LogP contribution >= 0.6 is 0 Å². The molecule has 1 N–H and O–H groups in total. The number of carbonyl (C=O) groups is 1. The van der Waals surface area contributed by atoms with Gasteiger partial charge >= 0.3 is 5.97 Å². The van der Waals surface area contributed by atoms with Gasteiger partial charge in [-0.05, 0) is 37.5 Å². The third-order valence-electron chi connectivity index (χ3n) is 4.87. The molecule has 7 nitrogen and oxygen atoms in total. The average Bonchev–Trinajstić information content (AvgIpc) is 3.24. The van der Waals surface area contributed by atoms with Crippen molar-refractivity contribution in [2.75, 3.05) is 26.7 Å². The van der Waals surface area contributed by atoms with Gasteiger partial charge in [0.1, 0.15) is 5.82 Å². The van der Waals surface area contributed by atoms with Crippen molar-refractivity contribution in [2.24, 2.45) is 10.9 Å². The number of nitrogens with one attached hydrogen (secondary N) is 1. The molecule has 0 aliphatic carbocycles. The topological polar surface area (TPSA) is 71.8 Å². The van der Waals surface area contributed by atoms with Crippen LogP contribution in [0.2, 0.25) is 0 Å². The van der Waals surface area contributed by atoms with Crippen LogP contribution in [0.1, 0.15) is 25.3 Å². The summed E-state index contributed by atoms with van der Waals surface area (Å²) in [5, 5.41) is 3.28. The second-order valence-electron chi connectivity index (χ2n) is 6.67. The van der Waals surface area contributed by atoms with Crippen molar-refractivity contribution >= 4 is 11.9 Å². The molecule has 150 valence electrons. The predicted molar refractivity (Wildman–Crippen MR) is 105 cm³/mol. The molecule has 0 atom stereocenters. The predicted octanol–water partition coefficient (Wildman–Crippen LogP) is 2.36. The summed E-state index contributed by atoms with van der Waals surface area (Å²) >= 11 is 0. The van der Waals surface area contributed by atoms with Crippen molar-refractivity contribution in [3.8, 4) is 5.69 Å². The lowest BCUT2D eigenvalue weighted by molar-refractivity contribution is -0.149. The van der Waals surface area contributed by atoms with E-state index in [0.29, 0.717) is 18.8 Å². The lowest BCUT2D eigenvalue weighted by Gasteiger charge is -2.33. The second-order valence-corrected chi connectivity index (χ2v) is 6.67. The van der Waals surface area contributed by atoms with E-state index in [1.54, 1.807) is 36.4 Å². The van der Waals surface area contributed by atoms with Gasteiger partial charge in [-0.25, -0.2) is 9.37 Å². The number of halogens is 1. The molecule has 1 aromatic carbocycles. The maximum Gasteiger partial charge on any atom is 0.309 e. The molecule has 0 unspecified atom stereocenters. The first-order valence-electron chi connectivity index (χ1n) is 9.51. The summed E-state index contributed by atoms with van der Waals surface area (Å²) < 4.78 is 21.1. The summed E-state index contributed by atoms with van der Waals surface area (Å²) in [6, 6.07) is 5.13. The summed E-state index contributed by atoms with van der Waals surface area (Å²) in [6.45, 7) is 4.17. The largest absolute Gasteiger partial charge is 0.466 e. The number of aliphatic imine (C=N–C) groups is 1. The Morgan fingerprint density at radius 2 is 2.18 bits per heavy atom. The molecule has 28 heavy (non-hydrogen) atoms. The van der Waals surface area contributed by atoms with Crippen LogP contribution in [0.15, 0.2) is 41.9 Å². The van der Waals surface area contributed by atoms with Crippen LogP contribution < -0.4 is 5.32 Å². The quantitative estimate of drug-likeness (QED) is 0.484. The molecule has 0 amide bonds. The Hall–Kier alpha value is -2.90. The first-order chi connectivity index (χ1) is 13.6. The third-order valence-corrected chi connectivity index (χ3v) is 4.87. The molecule has 0 bridgehead atoms. The molecule has 1 aliphatic heterocycles. The van der Waals surface area contributed by atoms with Crippen LogP contribution in [0.25, 0.3) is 5.69 Å². The molecule has 0 saturated carbocycles. The van der Waals surface area contributed by atoms with E-state index >= 15 is 0 Å². The minimum atomic E-state index is -0.303. The number of aromatic nitrogens is 2. The van der Waals surface area contributed by atoms with E-state index in [2.05, 4.69) is 20.2 Å². The van der Waals surface area contributed by atoms with Crippen LogP contribution in [-0.4, -0.2) is 53.1 Å². The highest BCUT2D eigenvalue weighted by Crippen LogP contribution is 2.19. The molecule has 1 aliphatic rings. The molecule has 1 saturated heterocycles. The smallest absolute Gasteiger partial charge is 0.309 e. The summed E-state index contributed by atoms with van der Waals surface area (Å²) in [5.41, 5.74) is 1.29. The number of benzene rings is 1. The summed E-state index contributed by atoms with van der Waals surface area (Å²) in [7, 11) is 1.72. The van der Waals surface area contributed by atoms with E-state index < -0.39 is 0 Å². The Balaban J connectivity index is 1.55. The molecule has 1 aromatic heterocycles. The van der Waals surface area contributed by atoms with Gasteiger partial charge in [0, 0.05) is 39.1 Å². The lowest BCUT2D eigenvalue weighted by atomic mass is 9.97. The van der Waals surface area contributed by atoms with Crippen molar-refractivity contribution in [1.82, 2.24) is 19.8 Å². The number of guanidine groups is 1. The molecule has 0 radical (unpaired) electrons. The maximum absolute atomic E-state index is 14.4. The summed E-state index contributed by atoms with van der Waals surface area (Å²) in [4.78, 5) is 22.3. The third kappa shape index (κ3) is 4.68. The molecular weight excluding hydrogens is 361 g/mol. The Labute approximate surface area is 164 Å². The highest BCUT2D eigenvalue weighted by Gasteiger charge is 2.27. The molecule has 8 heteroatoms. The summed E-state index contributed by atoms with van der Waals surface area (Å²) in [5.74, 6) is 0.293. The van der Waals surface area contributed by atoms with Gasteiger partial charge in [0.05, 0.1) is 24.5 Å². The van der Waals surface area contributed by atoms with Crippen LogP contribution in [0.4, 0.5) is 4.39 Å². The Morgan fingerprint density at radius 1 is 1.39 bits per heavy atom. The number of esters is 1. The SMILES string of the molecule is CCOC(=O)C1CCN(C(=NC)NCc2ccc(-n3ccnc3)c(F)c2)CC1. The minimum Gasteiger partial charge on any atom is -0.466 e. The highest BCUT2D eigenvalue weighted by atomic mass is 19.1. The van der Waals surface area contributed by atoms with Crippen LogP contribution in [0, 0.1) is 11.7 Å². The number of piperidine rings is 1. The first kappa shape index (κ1) is 19.9. The number of hydrogen-bond acceptors (Lipinski definition) is 4. The van der Waals surface area contributed by atoms with Gasteiger partial charge in [0.15, 0.2) is 5.96 Å². The Morgan fingerprint density at radius 3 is 2.79 bits per heavy atom. The normalized spacial score (nSPS) is 15.5. The van der Waals surface area contributed by atoms with E-state index in [1.165, 1.54) is 6.07 Å². The molecule has 3 rings (SSSR count). The van der Waals surface area contributed by atoms with E-state index in [-0.39, 0.29) is 17.7 Å².